The summed E-state index contributed by atoms with van der Waals surface area (Å²) in [6, 6.07) is 0. The average Bonchev–Trinajstić information content (AvgIpc) is 2.91. The Morgan fingerprint density at radius 1 is 1.52 bits per heavy atom. The first kappa shape index (κ1) is 15.9. The van der Waals surface area contributed by atoms with Gasteiger partial charge >= 0.3 is 5.97 Å². The van der Waals surface area contributed by atoms with Gasteiger partial charge in [0.15, 0.2) is 0 Å². The maximum atomic E-state index is 10.4. The Hall–Kier alpha value is -1.47. The van der Waals surface area contributed by atoms with Gasteiger partial charge in [0.2, 0.25) is 0 Å². The molecule has 1 unspecified atom stereocenters. The summed E-state index contributed by atoms with van der Waals surface area (Å²) in [6.45, 7) is 6.64. The summed E-state index contributed by atoms with van der Waals surface area (Å²) in [4.78, 5) is 12.8. The largest absolute Gasteiger partial charge is 0.481 e. The number of carbonyl (C=O) groups is 1. The second-order valence-electron chi connectivity index (χ2n) is 5.42. The molecule has 0 amide bonds. The van der Waals surface area contributed by atoms with Gasteiger partial charge in [0.05, 0.1) is 24.9 Å². The van der Waals surface area contributed by atoms with E-state index in [2.05, 4.69) is 22.1 Å². The molecule has 1 atom stereocenters. The Morgan fingerprint density at radius 2 is 2.38 bits per heavy atom. The molecule has 0 aliphatic carbocycles. The first-order valence-electron chi connectivity index (χ1n) is 7.62. The zero-order valence-corrected chi connectivity index (χ0v) is 12.6. The molecule has 0 saturated carbocycles. The number of unbranched alkanes of at least 4 members (excludes halogenated alkanes) is 1. The van der Waals surface area contributed by atoms with Crippen molar-refractivity contribution in [2.75, 3.05) is 26.2 Å². The number of aliphatic carboxylic acids is 1. The molecule has 1 aliphatic rings. The highest BCUT2D eigenvalue weighted by atomic mass is 16.5. The van der Waals surface area contributed by atoms with Crippen molar-refractivity contribution in [1.29, 1.82) is 0 Å². The predicted molar refractivity (Wildman–Crippen MR) is 77.1 cm³/mol. The highest BCUT2D eigenvalue weighted by Gasteiger charge is 2.20. The Morgan fingerprint density at radius 3 is 3.14 bits per heavy atom. The van der Waals surface area contributed by atoms with Crippen molar-refractivity contribution in [3.63, 3.8) is 0 Å². The van der Waals surface area contributed by atoms with Crippen molar-refractivity contribution in [2.24, 2.45) is 0 Å². The van der Waals surface area contributed by atoms with Crippen LogP contribution in [0.1, 0.15) is 31.9 Å². The third kappa shape index (κ3) is 5.43. The van der Waals surface area contributed by atoms with Crippen LogP contribution in [0, 0.1) is 0 Å². The van der Waals surface area contributed by atoms with Crippen molar-refractivity contribution in [3.8, 4) is 0 Å². The number of nitrogens with zero attached hydrogens (tertiary/aromatic N) is 4. The smallest absolute Gasteiger partial charge is 0.303 e. The van der Waals surface area contributed by atoms with Gasteiger partial charge in [-0.2, -0.15) is 0 Å². The minimum atomic E-state index is -0.742. The molecule has 21 heavy (non-hydrogen) atoms. The van der Waals surface area contributed by atoms with Crippen LogP contribution in [0.15, 0.2) is 6.20 Å². The van der Waals surface area contributed by atoms with Gasteiger partial charge in [-0.25, -0.2) is 4.68 Å². The SMILES string of the molecule is CCN1CCOC(Cn2cc(CCCCC(=O)O)nn2)C1. The summed E-state index contributed by atoms with van der Waals surface area (Å²) in [5.41, 5.74) is 0.920. The summed E-state index contributed by atoms with van der Waals surface area (Å²) in [7, 11) is 0. The van der Waals surface area contributed by atoms with Gasteiger partial charge in [0, 0.05) is 25.7 Å². The lowest BCUT2D eigenvalue weighted by atomic mass is 10.1. The monoisotopic (exact) mass is 296 g/mol. The van der Waals surface area contributed by atoms with Crippen LogP contribution in [-0.2, 0) is 22.5 Å². The van der Waals surface area contributed by atoms with E-state index in [9.17, 15) is 4.79 Å². The molecule has 1 aromatic rings. The Balaban J connectivity index is 1.73. The summed E-state index contributed by atoms with van der Waals surface area (Å²) >= 11 is 0. The predicted octanol–water partition coefficient (Wildman–Crippen LogP) is 0.796. The molecular weight excluding hydrogens is 272 g/mol. The lowest BCUT2D eigenvalue weighted by molar-refractivity contribution is -0.137. The van der Waals surface area contributed by atoms with Crippen LogP contribution >= 0.6 is 0 Å². The molecule has 0 radical (unpaired) electrons. The molecular formula is C14H24N4O3. The van der Waals surface area contributed by atoms with E-state index in [1.54, 1.807) is 0 Å². The van der Waals surface area contributed by atoms with Crippen LogP contribution in [0.5, 0.6) is 0 Å². The quantitative estimate of drug-likeness (QED) is 0.715. The molecule has 0 spiro atoms. The summed E-state index contributed by atoms with van der Waals surface area (Å²) in [5, 5.41) is 16.8. The fourth-order valence-electron chi connectivity index (χ4n) is 2.51. The van der Waals surface area contributed by atoms with Crippen molar-refractivity contribution >= 4 is 5.97 Å². The zero-order valence-electron chi connectivity index (χ0n) is 12.6. The van der Waals surface area contributed by atoms with Gasteiger partial charge in [-0.15, -0.1) is 5.10 Å². The molecule has 2 heterocycles. The number of hydrogen-bond donors (Lipinski definition) is 1. The first-order chi connectivity index (χ1) is 10.2. The lowest BCUT2D eigenvalue weighted by Crippen LogP contribution is -2.44. The van der Waals surface area contributed by atoms with Crippen LogP contribution in [0.4, 0.5) is 0 Å². The average molecular weight is 296 g/mol. The zero-order chi connectivity index (χ0) is 15.1. The number of carboxylic acids is 1. The molecule has 1 N–H and O–H groups in total. The second kappa shape index (κ2) is 8.09. The Kier molecular flexibility index (Phi) is 6.13. The van der Waals surface area contributed by atoms with Crippen LogP contribution in [0.2, 0.25) is 0 Å². The van der Waals surface area contributed by atoms with Gasteiger partial charge < -0.3 is 9.84 Å². The molecule has 0 aromatic carbocycles. The van der Waals surface area contributed by atoms with Crippen molar-refractivity contribution in [2.45, 2.75) is 45.3 Å². The van der Waals surface area contributed by atoms with E-state index in [0.717, 1.165) is 51.3 Å². The summed E-state index contributed by atoms with van der Waals surface area (Å²) < 4.78 is 7.58. The number of aryl methyl sites for hydroxylation is 1. The summed E-state index contributed by atoms with van der Waals surface area (Å²) in [6.07, 6.45) is 4.61. The fraction of sp³-hybridized carbons (Fsp3) is 0.786. The van der Waals surface area contributed by atoms with Gasteiger partial charge in [-0.3, -0.25) is 9.69 Å². The molecule has 7 nitrogen and oxygen atoms in total. The Bertz CT molecular complexity index is 449. The summed E-state index contributed by atoms with van der Waals surface area (Å²) in [5.74, 6) is -0.742. The van der Waals surface area contributed by atoms with E-state index in [1.807, 2.05) is 10.9 Å². The number of aromatic nitrogens is 3. The number of morpholine rings is 1. The third-order valence-electron chi connectivity index (χ3n) is 3.72. The van der Waals surface area contributed by atoms with Crippen LogP contribution in [-0.4, -0.2) is 63.3 Å². The molecule has 1 aliphatic heterocycles. The maximum absolute atomic E-state index is 10.4. The molecule has 1 saturated heterocycles. The standard InChI is InChI=1S/C14H24N4O3/c1-2-17-7-8-21-13(10-17)11-18-9-12(15-16-18)5-3-4-6-14(19)20/h9,13H,2-8,10-11H2,1H3,(H,19,20). The first-order valence-corrected chi connectivity index (χ1v) is 7.62. The van der Waals surface area contributed by atoms with E-state index in [1.165, 1.54) is 0 Å². The van der Waals surface area contributed by atoms with E-state index in [-0.39, 0.29) is 12.5 Å². The molecule has 0 bridgehead atoms. The molecule has 1 aromatic heterocycles. The van der Waals surface area contributed by atoms with Gasteiger partial charge in [-0.05, 0) is 25.8 Å². The highest BCUT2D eigenvalue weighted by molar-refractivity contribution is 5.66. The van der Waals surface area contributed by atoms with Crippen LogP contribution < -0.4 is 0 Å². The fourth-order valence-corrected chi connectivity index (χ4v) is 2.51. The number of carboxylic acid groups (broad SMARTS) is 1. The molecule has 118 valence electrons. The van der Waals surface area contributed by atoms with E-state index < -0.39 is 5.97 Å². The second-order valence-corrected chi connectivity index (χ2v) is 5.42. The van der Waals surface area contributed by atoms with E-state index >= 15 is 0 Å². The van der Waals surface area contributed by atoms with Crippen molar-refractivity contribution in [1.82, 2.24) is 19.9 Å². The number of rotatable bonds is 8. The maximum Gasteiger partial charge on any atom is 0.303 e. The minimum absolute atomic E-state index is 0.167. The van der Waals surface area contributed by atoms with E-state index in [4.69, 9.17) is 9.84 Å². The third-order valence-corrected chi connectivity index (χ3v) is 3.72. The van der Waals surface area contributed by atoms with Crippen molar-refractivity contribution in [3.05, 3.63) is 11.9 Å². The topological polar surface area (TPSA) is 80.5 Å². The van der Waals surface area contributed by atoms with Gasteiger partial charge in [0.25, 0.3) is 0 Å². The highest BCUT2D eigenvalue weighted by Crippen LogP contribution is 2.08. The number of hydrogen-bond acceptors (Lipinski definition) is 5. The minimum Gasteiger partial charge on any atom is -0.481 e. The van der Waals surface area contributed by atoms with Crippen LogP contribution in [0.3, 0.4) is 0 Å². The lowest BCUT2D eigenvalue weighted by Gasteiger charge is -2.31. The molecule has 2 rings (SSSR count). The van der Waals surface area contributed by atoms with Gasteiger partial charge in [-0.1, -0.05) is 12.1 Å². The van der Waals surface area contributed by atoms with Gasteiger partial charge in [0.1, 0.15) is 0 Å². The van der Waals surface area contributed by atoms with Crippen molar-refractivity contribution < 1.29 is 14.6 Å². The van der Waals surface area contributed by atoms with E-state index in [0.29, 0.717) is 6.42 Å². The molecule has 7 heteroatoms. The van der Waals surface area contributed by atoms with Crippen LogP contribution in [0.25, 0.3) is 0 Å². The number of ether oxygens (including phenoxy) is 1. The normalized spacial score (nSPS) is 19.8. The number of likely N-dealkylation sites (N-methyl/N-ethyl adjacent to an activating group) is 1. The Labute approximate surface area is 124 Å². The molecule has 1 fully saturated rings.